The molecule has 0 heterocycles. The molecule has 0 aliphatic rings. The van der Waals surface area contributed by atoms with Crippen LogP contribution in [-0.4, -0.2) is 46.9 Å². The smallest absolute Gasteiger partial charge is 0.335 e. The molecule has 0 bridgehead atoms. The first kappa shape index (κ1) is 27.6. The van der Waals surface area contributed by atoms with E-state index in [0.717, 1.165) is 22.9 Å². The summed E-state index contributed by atoms with van der Waals surface area (Å²) >= 11 is 0. The molecule has 9 heteroatoms. The van der Waals surface area contributed by atoms with E-state index in [0.29, 0.717) is 24.1 Å². The third kappa shape index (κ3) is 8.89. The number of rotatable bonds is 11. The number of methoxy groups -OCH3 is 2. The summed E-state index contributed by atoms with van der Waals surface area (Å²) in [6.45, 7) is 0. The number of hydrogen-bond donors (Lipinski definition) is 1. The van der Waals surface area contributed by atoms with Crippen molar-refractivity contribution in [3.8, 4) is 5.75 Å². The van der Waals surface area contributed by atoms with Crippen molar-refractivity contribution in [2.45, 2.75) is 18.9 Å². The molecule has 8 nitrogen and oxygen atoms in total. The van der Waals surface area contributed by atoms with Crippen LogP contribution in [-0.2, 0) is 37.2 Å². The Labute approximate surface area is 217 Å². The lowest BCUT2D eigenvalue weighted by Crippen LogP contribution is -2.26. The predicted molar refractivity (Wildman–Crippen MR) is 142 cm³/mol. The maximum absolute atomic E-state index is 12.6. The summed E-state index contributed by atoms with van der Waals surface area (Å²) in [4.78, 5) is 24.3. The molecule has 0 aliphatic heterocycles. The molecular weight excluding hydrogens is 494 g/mol. The Hall–Kier alpha value is -3.95. The van der Waals surface area contributed by atoms with E-state index >= 15 is 0 Å². The Morgan fingerprint density at radius 1 is 0.892 bits per heavy atom. The molecule has 194 valence electrons. The number of benzene rings is 3. The number of amides is 1. The van der Waals surface area contributed by atoms with Gasteiger partial charge in [-0.2, -0.15) is 8.42 Å². The van der Waals surface area contributed by atoms with Crippen LogP contribution in [0.1, 0.15) is 27.0 Å². The number of hydrogen-bond acceptors (Lipinski definition) is 7. The third-order valence-electron chi connectivity index (χ3n) is 5.39. The van der Waals surface area contributed by atoms with Crippen molar-refractivity contribution in [3.05, 3.63) is 101 Å². The average molecular weight is 524 g/mol. The van der Waals surface area contributed by atoms with Crippen molar-refractivity contribution in [2.75, 3.05) is 25.8 Å². The molecule has 0 aliphatic carbocycles. The molecule has 0 radical (unpaired) electrons. The highest BCUT2D eigenvalue weighted by Gasteiger charge is 2.19. The molecule has 1 amide bonds. The standard InChI is InChI=1S/C28H29NO7S/c1-34-26(28(31)35-2)19-22-7-13-23(14-8-22)27(30)29-24-15-9-20(10-16-24)5-4-6-21-11-17-25(18-12-21)36-37(3,32)33/h4,6-18,26H,5,19H2,1-3H3,(H,29,30)/b6-4+/t26-/m0/s1. The van der Waals surface area contributed by atoms with E-state index in [-0.39, 0.29) is 11.7 Å². The number of allylic oxidation sites excluding steroid dienone is 1. The molecule has 3 aromatic carbocycles. The van der Waals surface area contributed by atoms with Crippen LogP contribution in [0.15, 0.2) is 78.9 Å². The van der Waals surface area contributed by atoms with Crippen LogP contribution in [0.4, 0.5) is 5.69 Å². The van der Waals surface area contributed by atoms with Crippen molar-refractivity contribution in [1.82, 2.24) is 0 Å². The van der Waals surface area contributed by atoms with Gasteiger partial charge in [0.05, 0.1) is 13.4 Å². The number of nitrogens with one attached hydrogen (secondary N) is 1. The van der Waals surface area contributed by atoms with E-state index in [1.165, 1.54) is 14.2 Å². The Bertz CT molecular complexity index is 1330. The largest absolute Gasteiger partial charge is 0.467 e. The zero-order valence-electron chi connectivity index (χ0n) is 20.8. The lowest BCUT2D eigenvalue weighted by atomic mass is 10.1. The van der Waals surface area contributed by atoms with Crippen molar-refractivity contribution in [1.29, 1.82) is 0 Å². The highest BCUT2D eigenvalue weighted by atomic mass is 32.2. The van der Waals surface area contributed by atoms with Crippen LogP contribution in [0.25, 0.3) is 6.08 Å². The summed E-state index contributed by atoms with van der Waals surface area (Å²) < 4.78 is 37.1. The Kier molecular flexibility index (Phi) is 9.59. The second-order valence-electron chi connectivity index (χ2n) is 8.26. The van der Waals surface area contributed by atoms with Crippen molar-refractivity contribution in [3.63, 3.8) is 0 Å². The molecule has 3 rings (SSSR count). The number of carbonyl (C=O) groups is 2. The van der Waals surface area contributed by atoms with Crippen LogP contribution < -0.4 is 9.50 Å². The second kappa shape index (κ2) is 12.8. The Balaban J connectivity index is 1.51. The van der Waals surface area contributed by atoms with E-state index in [1.54, 1.807) is 48.5 Å². The van der Waals surface area contributed by atoms with Crippen molar-refractivity contribution < 1.29 is 31.7 Å². The molecule has 1 atom stereocenters. The first-order chi connectivity index (χ1) is 17.7. The van der Waals surface area contributed by atoms with Gasteiger partial charge >= 0.3 is 16.1 Å². The second-order valence-corrected chi connectivity index (χ2v) is 9.84. The van der Waals surface area contributed by atoms with Gasteiger partial charge in [-0.05, 0) is 59.5 Å². The highest BCUT2D eigenvalue weighted by Crippen LogP contribution is 2.17. The fourth-order valence-electron chi connectivity index (χ4n) is 3.47. The van der Waals surface area contributed by atoms with Gasteiger partial charge in [-0.1, -0.05) is 48.6 Å². The zero-order chi connectivity index (χ0) is 26.8. The van der Waals surface area contributed by atoms with Gasteiger partial charge in [0.1, 0.15) is 5.75 Å². The first-order valence-corrected chi connectivity index (χ1v) is 13.2. The van der Waals surface area contributed by atoms with E-state index < -0.39 is 22.2 Å². The number of ether oxygens (including phenoxy) is 2. The monoisotopic (exact) mass is 523 g/mol. The molecule has 0 fully saturated rings. The maximum Gasteiger partial charge on any atom is 0.335 e. The molecule has 37 heavy (non-hydrogen) atoms. The van der Waals surface area contributed by atoms with Crippen LogP contribution in [0, 0.1) is 0 Å². The van der Waals surface area contributed by atoms with E-state index in [2.05, 4.69) is 5.32 Å². The van der Waals surface area contributed by atoms with Gasteiger partial charge < -0.3 is 19.0 Å². The van der Waals surface area contributed by atoms with E-state index in [9.17, 15) is 18.0 Å². The highest BCUT2D eigenvalue weighted by molar-refractivity contribution is 7.86. The van der Waals surface area contributed by atoms with Gasteiger partial charge in [-0.3, -0.25) is 4.79 Å². The molecule has 1 N–H and O–H groups in total. The number of anilines is 1. The molecular formula is C28H29NO7S. The van der Waals surface area contributed by atoms with Gasteiger partial charge in [0.15, 0.2) is 6.10 Å². The quantitative estimate of drug-likeness (QED) is 0.295. The molecule has 0 aromatic heterocycles. The molecule has 0 saturated carbocycles. The SMILES string of the molecule is COC(=O)[C@H](Cc1ccc(C(=O)Nc2ccc(C/C=C/c3ccc(OS(C)(=O)=O)cc3)cc2)cc1)OC. The first-order valence-electron chi connectivity index (χ1n) is 11.4. The lowest BCUT2D eigenvalue weighted by Gasteiger charge is -2.13. The fourth-order valence-corrected chi connectivity index (χ4v) is 3.93. The fraction of sp³-hybridized carbons (Fsp3) is 0.214. The van der Waals surface area contributed by atoms with Gasteiger partial charge in [0.25, 0.3) is 5.91 Å². The minimum Gasteiger partial charge on any atom is -0.467 e. The molecule has 0 unspecified atom stereocenters. The minimum atomic E-state index is -3.54. The summed E-state index contributed by atoms with van der Waals surface area (Å²) in [6.07, 6.45) is 5.28. The molecule has 0 saturated heterocycles. The number of esters is 1. The van der Waals surface area contributed by atoms with Gasteiger partial charge in [0, 0.05) is 24.8 Å². The summed E-state index contributed by atoms with van der Waals surface area (Å²) in [6, 6.07) is 21.3. The van der Waals surface area contributed by atoms with Gasteiger partial charge in [-0.15, -0.1) is 0 Å². The van der Waals surface area contributed by atoms with E-state index in [4.69, 9.17) is 13.7 Å². The summed E-state index contributed by atoms with van der Waals surface area (Å²) in [5, 5.41) is 2.88. The third-order valence-corrected chi connectivity index (χ3v) is 5.88. The summed E-state index contributed by atoms with van der Waals surface area (Å²) in [5.41, 5.74) is 4.00. The molecule has 0 spiro atoms. The Morgan fingerprint density at radius 2 is 1.51 bits per heavy atom. The van der Waals surface area contributed by atoms with Crippen LogP contribution in [0.5, 0.6) is 5.75 Å². The topological polar surface area (TPSA) is 108 Å². The normalized spacial score (nSPS) is 12.2. The molecule has 3 aromatic rings. The summed E-state index contributed by atoms with van der Waals surface area (Å²) in [7, 11) is -0.781. The van der Waals surface area contributed by atoms with E-state index in [1.807, 2.05) is 36.4 Å². The summed E-state index contributed by atoms with van der Waals surface area (Å²) in [5.74, 6) is -0.413. The maximum atomic E-state index is 12.6. The van der Waals surface area contributed by atoms with Crippen LogP contribution in [0.2, 0.25) is 0 Å². The average Bonchev–Trinajstić information content (AvgIpc) is 2.88. The van der Waals surface area contributed by atoms with Gasteiger partial charge in [0.2, 0.25) is 0 Å². The number of carbonyl (C=O) groups excluding carboxylic acids is 2. The predicted octanol–water partition coefficient (Wildman–Crippen LogP) is 4.26. The zero-order valence-corrected chi connectivity index (χ0v) is 21.7. The Morgan fingerprint density at radius 3 is 2.08 bits per heavy atom. The van der Waals surface area contributed by atoms with Crippen molar-refractivity contribution >= 4 is 33.8 Å². The van der Waals surface area contributed by atoms with Gasteiger partial charge in [-0.25, -0.2) is 4.79 Å². The minimum absolute atomic E-state index is 0.237. The lowest BCUT2D eigenvalue weighted by molar-refractivity contribution is -0.152. The van der Waals surface area contributed by atoms with Crippen LogP contribution >= 0.6 is 0 Å². The van der Waals surface area contributed by atoms with Crippen molar-refractivity contribution in [2.24, 2.45) is 0 Å². The van der Waals surface area contributed by atoms with Crippen LogP contribution in [0.3, 0.4) is 0 Å².